The normalized spacial score (nSPS) is 26.3. The van der Waals surface area contributed by atoms with Crippen molar-refractivity contribution in [2.45, 2.75) is 58.7 Å². The summed E-state index contributed by atoms with van der Waals surface area (Å²) in [6, 6.07) is 12.2. The molecule has 7 rings (SSSR count). The van der Waals surface area contributed by atoms with Crippen molar-refractivity contribution in [3.05, 3.63) is 69.5 Å². The molecule has 3 aromatic rings. The molecular formula is C30H36ClFN6O. The second kappa shape index (κ2) is 9.89. The van der Waals surface area contributed by atoms with Gasteiger partial charge in [0.05, 0.1) is 16.9 Å². The average Bonchev–Trinajstić information content (AvgIpc) is 2.88. The van der Waals surface area contributed by atoms with Crippen LogP contribution in [0.2, 0.25) is 5.28 Å². The molecule has 206 valence electrons. The fraction of sp³-hybridized carbons (Fsp3) is 0.500. The molecule has 1 saturated heterocycles. The van der Waals surface area contributed by atoms with Crippen LogP contribution in [-0.4, -0.2) is 45.6 Å². The van der Waals surface area contributed by atoms with Crippen molar-refractivity contribution in [1.29, 1.82) is 0 Å². The van der Waals surface area contributed by atoms with Gasteiger partial charge in [0.1, 0.15) is 5.82 Å². The molecule has 0 amide bonds. The van der Waals surface area contributed by atoms with Gasteiger partial charge in [-0.2, -0.15) is 0 Å². The maximum Gasteiger partial charge on any atom is 0.262 e. The van der Waals surface area contributed by atoms with Gasteiger partial charge in [0.25, 0.3) is 5.56 Å². The lowest BCUT2D eigenvalue weighted by Gasteiger charge is -2.61. The van der Waals surface area contributed by atoms with Crippen molar-refractivity contribution >= 4 is 34.2 Å². The molecule has 3 N–H and O–H groups in total. The monoisotopic (exact) mass is 550 g/mol. The maximum atomic E-state index is 13.3. The number of hydrogen-bond donors (Lipinski definition) is 2. The van der Waals surface area contributed by atoms with E-state index in [4.69, 9.17) is 22.3 Å². The fourth-order valence-corrected chi connectivity index (χ4v) is 7.07. The molecule has 3 saturated carbocycles. The molecule has 0 radical (unpaired) electrons. The fourth-order valence-electron chi connectivity index (χ4n) is 6.82. The highest BCUT2D eigenvalue weighted by Crippen LogP contribution is 2.61. The molecule has 1 unspecified atom stereocenters. The summed E-state index contributed by atoms with van der Waals surface area (Å²) >= 11 is 6.47. The summed E-state index contributed by atoms with van der Waals surface area (Å²) in [5, 5.41) is 4.14. The topological polar surface area (TPSA) is 88.5 Å². The molecule has 4 fully saturated rings. The van der Waals surface area contributed by atoms with Gasteiger partial charge in [0.15, 0.2) is 5.96 Å². The third-order valence-corrected chi connectivity index (χ3v) is 9.80. The molecule has 4 atom stereocenters. The summed E-state index contributed by atoms with van der Waals surface area (Å²) in [5.74, 6) is 2.52. The Labute approximate surface area is 233 Å². The van der Waals surface area contributed by atoms with Crippen LogP contribution in [0.15, 0.2) is 52.3 Å². The molecule has 9 heteroatoms. The maximum absolute atomic E-state index is 13.3. The number of anilines is 1. The molecule has 2 aromatic carbocycles. The van der Waals surface area contributed by atoms with E-state index in [9.17, 15) is 9.18 Å². The number of guanidine groups is 1. The standard InChI is InChI=1S/C30H36ClFN6O/c1-17-24-12-19(30(24,2)3)13-25(17)36-29(37-15-21(33)16-37)34-22-8-9-23-26(14-22)35-28(31)38(27(23)39)11-10-18-4-6-20(32)7-5-18/h4-9,14,17,19,21,24-25H,10-13,15-16,33H2,1-3H3,(H,34,36)/t17-,19-,24+,25?/m0/s1. The summed E-state index contributed by atoms with van der Waals surface area (Å²) in [6.07, 6.45) is 2.97. The van der Waals surface area contributed by atoms with Gasteiger partial charge in [-0.3, -0.25) is 9.36 Å². The zero-order valence-corrected chi connectivity index (χ0v) is 23.5. The van der Waals surface area contributed by atoms with Crippen LogP contribution in [0.1, 0.15) is 39.2 Å². The van der Waals surface area contributed by atoms with Gasteiger partial charge in [0.2, 0.25) is 5.28 Å². The smallest absolute Gasteiger partial charge is 0.262 e. The Morgan fingerprint density at radius 1 is 1.21 bits per heavy atom. The lowest BCUT2D eigenvalue weighted by atomic mass is 9.45. The van der Waals surface area contributed by atoms with Crippen molar-refractivity contribution in [2.75, 3.05) is 18.4 Å². The van der Waals surface area contributed by atoms with Crippen molar-refractivity contribution < 1.29 is 4.39 Å². The first-order valence-electron chi connectivity index (χ1n) is 13.9. The van der Waals surface area contributed by atoms with Crippen LogP contribution in [0.3, 0.4) is 0 Å². The molecular weight excluding hydrogens is 515 g/mol. The third-order valence-electron chi connectivity index (χ3n) is 9.51. The quantitative estimate of drug-likeness (QED) is 0.268. The number of aromatic nitrogens is 2. The highest BCUT2D eigenvalue weighted by Gasteiger charge is 2.56. The molecule has 4 aliphatic rings. The van der Waals surface area contributed by atoms with Crippen LogP contribution in [0.5, 0.6) is 0 Å². The predicted octanol–water partition coefficient (Wildman–Crippen LogP) is 4.91. The van der Waals surface area contributed by atoms with E-state index in [0.717, 1.165) is 42.6 Å². The number of fused-ring (bicyclic) bond motifs is 3. The summed E-state index contributed by atoms with van der Waals surface area (Å²) < 4.78 is 14.7. The Balaban J connectivity index is 1.24. The van der Waals surface area contributed by atoms with E-state index in [1.54, 1.807) is 18.2 Å². The average molecular weight is 551 g/mol. The Bertz CT molecular complexity index is 1480. The molecule has 1 aromatic heterocycles. The Morgan fingerprint density at radius 2 is 1.95 bits per heavy atom. The lowest BCUT2D eigenvalue weighted by molar-refractivity contribution is -0.108. The van der Waals surface area contributed by atoms with E-state index in [1.807, 2.05) is 12.1 Å². The second-order valence-electron chi connectivity index (χ2n) is 12.2. The molecule has 2 bridgehead atoms. The van der Waals surface area contributed by atoms with E-state index >= 15 is 0 Å². The Hall–Kier alpha value is -2.97. The molecule has 0 spiro atoms. The van der Waals surface area contributed by atoms with Gasteiger partial charge < -0.3 is 16.0 Å². The first kappa shape index (κ1) is 26.3. The molecule has 7 nitrogen and oxygen atoms in total. The van der Waals surface area contributed by atoms with Gasteiger partial charge in [-0.05, 0) is 89.9 Å². The van der Waals surface area contributed by atoms with Crippen molar-refractivity contribution in [2.24, 2.45) is 33.9 Å². The number of aryl methyl sites for hydroxylation is 1. The number of rotatable bonds is 5. The number of halogens is 2. The number of aliphatic imine (C=N–C) groups is 1. The van der Waals surface area contributed by atoms with Gasteiger partial charge in [-0.15, -0.1) is 0 Å². The Kier molecular flexibility index (Phi) is 6.66. The van der Waals surface area contributed by atoms with Crippen LogP contribution >= 0.6 is 11.6 Å². The van der Waals surface area contributed by atoms with E-state index in [1.165, 1.54) is 23.1 Å². The van der Waals surface area contributed by atoms with Crippen molar-refractivity contribution in [3.8, 4) is 0 Å². The largest absolute Gasteiger partial charge is 0.339 e. The highest BCUT2D eigenvalue weighted by molar-refractivity contribution is 6.28. The number of likely N-dealkylation sites (tertiary alicyclic amines) is 1. The lowest BCUT2D eigenvalue weighted by Crippen LogP contribution is -2.60. The van der Waals surface area contributed by atoms with Gasteiger partial charge in [-0.25, -0.2) is 14.4 Å². The number of nitrogens with one attached hydrogen (secondary N) is 1. The minimum Gasteiger partial charge on any atom is -0.339 e. The highest BCUT2D eigenvalue weighted by atomic mass is 35.5. The summed E-state index contributed by atoms with van der Waals surface area (Å²) in [6.45, 7) is 9.04. The predicted molar refractivity (Wildman–Crippen MR) is 155 cm³/mol. The van der Waals surface area contributed by atoms with Crippen LogP contribution in [-0.2, 0) is 13.0 Å². The van der Waals surface area contributed by atoms with Crippen LogP contribution in [0, 0.1) is 29.0 Å². The zero-order chi connectivity index (χ0) is 27.5. The van der Waals surface area contributed by atoms with E-state index in [-0.39, 0.29) is 28.7 Å². The van der Waals surface area contributed by atoms with Crippen LogP contribution < -0.4 is 16.6 Å². The zero-order valence-electron chi connectivity index (χ0n) is 22.7. The Morgan fingerprint density at radius 3 is 2.62 bits per heavy atom. The van der Waals surface area contributed by atoms with E-state index < -0.39 is 0 Å². The second-order valence-corrected chi connectivity index (χ2v) is 12.5. The van der Waals surface area contributed by atoms with Crippen LogP contribution in [0.25, 0.3) is 10.9 Å². The molecule has 39 heavy (non-hydrogen) atoms. The number of nitrogens with two attached hydrogens (primary N) is 1. The number of benzene rings is 2. The van der Waals surface area contributed by atoms with Crippen molar-refractivity contribution in [1.82, 2.24) is 14.5 Å². The van der Waals surface area contributed by atoms with Gasteiger partial charge in [-0.1, -0.05) is 32.9 Å². The summed E-state index contributed by atoms with van der Waals surface area (Å²) in [7, 11) is 0. The molecule has 1 aliphatic heterocycles. The first-order valence-corrected chi connectivity index (χ1v) is 14.3. The van der Waals surface area contributed by atoms with Gasteiger partial charge >= 0.3 is 0 Å². The third kappa shape index (κ3) is 4.82. The van der Waals surface area contributed by atoms with Crippen molar-refractivity contribution in [3.63, 3.8) is 0 Å². The van der Waals surface area contributed by atoms with E-state index in [0.29, 0.717) is 41.1 Å². The summed E-state index contributed by atoms with van der Waals surface area (Å²) in [4.78, 5) is 25.2. The molecule has 2 heterocycles. The summed E-state index contributed by atoms with van der Waals surface area (Å²) in [5.41, 5.74) is 8.59. The van der Waals surface area contributed by atoms with Gasteiger partial charge in [0, 0.05) is 31.4 Å². The molecule has 3 aliphatic carbocycles. The first-order chi connectivity index (χ1) is 18.6. The minimum absolute atomic E-state index is 0.132. The van der Waals surface area contributed by atoms with Crippen LogP contribution in [0.4, 0.5) is 10.1 Å². The number of nitrogens with zero attached hydrogens (tertiary/aromatic N) is 4. The number of hydrogen-bond acceptors (Lipinski definition) is 4. The minimum atomic E-state index is -0.287. The SMILES string of the molecule is C[C@@H]1C(N=C(Nc2ccc3c(=O)n(CCc4ccc(F)cc4)c(Cl)nc3c2)N2CC(N)C2)C[C@@H]2C[C@H]1C2(C)C. The van der Waals surface area contributed by atoms with E-state index in [2.05, 4.69) is 36.0 Å².